The zero-order chi connectivity index (χ0) is 26.8. The van der Waals surface area contributed by atoms with Crippen LogP contribution in [0.4, 0.5) is 34.6 Å². The number of rotatable bonds is 7. The van der Waals surface area contributed by atoms with Crippen molar-refractivity contribution in [2.75, 3.05) is 16.4 Å². The Kier molecular flexibility index (Phi) is 8.76. The molecule has 13 heteroatoms. The topological polar surface area (TPSA) is 84.2 Å². The third kappa shape index (κ3) is 6.82. The highest BCUT2D eigenvalue weighted by Gasteiger charge is 2.29. The van der Waals surface area contributed by atoms with E-state index < -0.39 is 51.5 Å². The first-order chi connectivity index (χ1) is 16.8. The second-order valence-corrected chi connectivity index (χ2v) is 10.5. The summed E-state index contributed by atoms with van der Waals surface area (Å²) in [5, 5.41) is 4.71. The largest absolute Gasteiger partial charge is 0.394 e. The van der Waals surface area contributed by atoms with Gasteiger partial charge in [-0.1, -0.05) is 11.6 Å². The normalized spacial score (nSPS) is 11.3. The maximum absolute atomic E-state index is 14.1. The fourth-order valence-corrected chi connectivity index (χ4v) is 4.38. The van der Waals surface area contributed by atoms with Gasteiger partial charge < -0.3 is 16.4 Å². The summed E-state index contributed by atoms with van der Waals surface area (Å²) in [5.74, 6) is -5.83. The second kappa shape index (κ2) is 11.2. The van der Waals surface area contributed by atoms with Crippen molar-refractivity contribution in [1.29, 1.82) is 0 Å². The Morgan fingerprint density at radius 1 is 0.944 bits per heavy atom. The molecule has 0 bridgehead atoms. The van der Waals surface area contributed by atoms with Crippen molar-refractivity contribution in [2.45, 2.75) is 17.2 Å². The lowest BCUT2D eigenvalue weighted by molar-refractivity contribution is -0.116. The summed E-state index contributed by atoms with van der Waals surface area (Å²) in [5.41, 5.74) is 4.40. The molecule has 0 radical (unpaired) electrons. The molecule has 0 aliphatic rings. The van der Waals surface area contributed by atoms with Gasteiger partial charge in [-0.05, 0) is 64.0 Å². The Balaban J connectivity index is 1.71. The average molecular weight is 628 g/mol. The van der Waals surface area contributed by atoms with Crippen molar-refractivity contribution in [3.63, 3.8) is 0 Å². The first kappa shape index (κ1) is 28.0. The monoisotopic (exact) mass is 625 g/mol. The van der Waals surface area contributed by atoms with Gasteiger partial charge in [-0.15, -0.1) is 23.2 Å². The van der Waals surface area contributed by atoms with Crippen molar-refractivity contribution in [3.8, 4) is 0 Å². The molecular formula is C23H15BrCl3F4N3O2. The third-order valence-corrected chi connectivity index (χ3v) is 6.24. The summed E-state index contributed by atoms with van der Waals surface area (Å²) in [4.78, 5) is 25.1. The van der Waals surface area contributed by atoms with Gasteiger partial charge in [-0.25, -0.2) is 17.6 Å². The molecule has 0 aliphatic carbocycles. The van der Waals surface area contributed by atoms with Gasteiger partial charge in [-0.3, -0.25) is 9.59 Å². The number of nitrogens with two attached hydrogens (primary N) is 1. The van der Waals surface area contributed by atoms with Crippen LogP contribution < -0.4 is 16.4 Å². The van der Waals surface area contributed by atoms with Gasteiger partial charge in [0.1, 0.15) is 15.8 Å². The SMILES string of the molecule is Nc1c(F)ccc(NC(=O)c2cc(NC(=O)CC(Cl)(Cl)Cc3cc(F)c(F)c(Br)c3)ccc2Cl)c1F. The molecular weight excluding hydrogens is 613 g/mol. The molecule has 0 fully saturated rings. The number of carbonyl (C=O) groups excluding carboxylic acids is 2. The lowest BCUT2D eigenvalue weighted by Gasteiger charge is -2.20. The smallest absolute Gasteiger partial charge is 0.257 e. The second-order valence-electron chi connectivity index (χ2n) is 7.60. The molecule has 0 unspecified atom stereocenters. The molecule has 0 saturated carbocycles. The van der Waals surface area contributed by atoms with Crippen molar-refractivity contribution in [1.82, 2.24) is 0 Å². The minimum absolute atomic E-state index is 0.0195. The summed E-state index contributed by atoms with van der Waals surface area (Å²) in [6.45, 7) is 0. The van der Waals surface area contributed by atoms with Gasteiger partial charge in [0.2, 0.25) is 5.91 Å². The number of nitrogen functional groups attached to an aromatic ring is 1. The van der Waals surface area contributed by atoms with Crippen molar-refractivity contribution in [3.05, 3.63) is 86.4 Å². The maximum atomic E-state index is 14.1. The summed E-state index contributed by atoms with van der Waals surface area (Å²) in [6, 6.07) is 8.01. The Morgan fingerprint density at radius 3 is 2.31 bits per heavy atom. The molecule has 190 valence electrons. The average Bonchev–Trinajstić information content (AvgIpc) is 2.78. The standard InChI is InChI=1S/C23H15BrCl3F4N3O2/c24-13-5-10(6-16(29)19(13)30)8-23(26,27)9-18(35)33-11-1-2-14(25)12(7-11)22(36)34-17-4-3-15(28)21(32)20(17)31/h1-7H,8-9,32H2,(H,33,35)(H,34,36). The molecule has 3 aromatic rings. The van der Waals surface area contributed by atoms with Gasteiger partial charge in [0.25, 0.3) is 5.91 Å². The Labute approximate surface area is 226 Å². The lowest BCUT2D eigenvalue weighted by Crippen LogP contribution is -2.26. The van der Waals surface area contributed by atoms with E-state index in [4.69, 9.17) is 40.5 Å². The van der Waals surface area contributed by atoms with Crippen LogP contribution in [0, 0.1) is 23.3 Å². The van der Waals surface area contributed by atoms with Crippen molar-refractivity contribution < 1.29 is 27.2 Å². The number of benzene rings is 3. The minimum Gasteiger partial charge on any atom is -0.394 e. The highest BCUT2D eigenvalue weighted by Crippen LogP contribution is 2.33. The summed E-state index contributed by atoms with van der Waals surface area (Å²) >= 11 is 21.4. The van der Waals surface area contributed by atoms with Crippen LogP contribution in [0.3, 0.4) is 0 Å². The first-order valence-electron chi connectivity index (χ1n) is 9.93. The first-order valence-corrected chi connectivity index (χ1v) is 11.9. The Hall–Kier alpha value is -2.53. The molecule has 0 heterocycles. The third-order valence-electron chi connectivity index (χ3n) is 4.80. The zero-order valence-electron chi connectivity index (χ0n) is 17.9. The molecule has 0 atom stereocenters. The molecule has 36 heavy (non-hydrogen) atoms. The molecule has 0 aliphatic heterocycles. The van der Waals surface area contributed by atoms with E-state index in [0.29, 0.717) is 0 Å². The number of hydrogen-bond donors (Lipinski definition) is 3. The van der Waals surface area contributed by atoms with Gasteiger partial charge in [0.05, 0.1) is 27.2 Å². The van der Waals surface area contributed by atoms with Crippen LogP contribution in [0.5, 0.6) is 0 Å². The fraction of sp³-hybridized carbons (Fsp3) is 0.130. The van der Waals surface area contributed by atoms with Crippen LogP contribution in [-0.4, -0.2) is 16.1 Å². The van der Waals surface area contributed by atoms with E-state index in [1.165, 1.54) is 24.3 Å². The number of anilines is 3. The van der Waals surface area contributed by atoms with Crippen LogP contribution >= 0.6 is 50.7 Å². The van der Waals surface area contributed by atoms with Gasteiger partial charge in [0, 0.05) is 12.1 Å². The van der Waals surface area contributed by atoms with Crippen LogP contribution in [-0.2, 0) is 11.2 Å². The van der Waals surface area contributed by atoms with Crippen LogP contribution in [0.2, 0.25) is 5.02 Å². The molecule has 3 rings (SSSR count). The number of nitrogens with one attached hydrogen (secondary N) is 2. The number of halogens is 8. The number of hydrogen-bond acceptors (Lipinski definition) is 3. The predicted octanol–water partition coefficient (Wildman–Crippen LogP) is 7.24. The number of carbonyl (C=O) groups is 2. The molecule has 0 saturated heterocycles. The van der Waals surface area contributed by atoms with E-state index in [-0.39, 0.29) is 38.4 Å². The van der Waals surface area contributed by atoms with Crippen LogP contribution in [0.1, 0.15) is 22.3 Å². The summed E-state index contributed by atoms with van der Waals surface area (Å²) < 4.78 is 52.8. The zero-order valence-corrected chi connectivity index (χ0v) is 21.7. The summed E-state index contributed by atoms with van der Waals surface area (Å²) in [7, 11) is 0. The van der Waals surface area contributed by atoms with E-state index >= 15 is 0 Å². The van der Waals surface area contributed by atoms with E-state index in [1.54, 1.807) is 0 Å². The van der Waals surface area contributed by atoms with E-state index in [9.17, 15) is 27.2 Å². The summed E-state index contributed by atoms with van der Waals surface area (Å²) in [6.07, 6.45) is -0.628. The van der Waals surface area contributed by atoms with Gasteiger partial charge in [0.15, 0.2) is 17.5 Å². The molecule has 2 amide bonds. The molecule has 5 nitrogen and oxygen atoms in total. The van der Waals surface area contributed by atoms with Crippen LogP contribution in [0.25, 0.3) is 0 Å². The molecule has 0 spiro atoms. The van der Waals surface area contributed by atoms with E-state index in [0.717, 1.165) is 18.2 Å². The Morgan fingerprint density at radius 2 is 1.64 bits per heavy atom. The number of alkyl halides is 2. The quantitative estimate of drug-likeness (QED) is 0.112. The van der Waals surface area contributed by atoms with Crippen LogP contribution in [0.15, 0.2) is 46.9 Å². The lowest BCUT2D eigenvalue weighted by atomic mass is 10.1. The highest BCUT2D eigenvalue weighted by molar-refractivity contribution is 9.10. The minimum atomic E-state index is -1.68. The maximum Gasteiger partial charge on any atom is 0.257 e. The highest BCUT2D eigenvalue weighted by atomic mass is 79.9. The molecule has 0 aromatic heterocycles. The van der Waals surface area contributed by atoms with E-state index in [2.05, 4.69) is 26.6 Å². The van der Waals surface area contributed by atoms with Crippen molar-refractivity contribution >= 4 is 79.6 Å². The molecule has 3 aromatic carbocycles. The van der Waals surface area contributed by atoms with E-state index in [1.807, 2.05) is 0 Å². The predicted molar refractivity (Wildman–Crippen MR) is 136 cm³/mol. The fourth-order valence-electron chi connectivity index (χ4n) is 3.14. The molecule has 4 N–H and O–H groups in total. The van der Waals surface area contributed by atoms with Gasteiger partial charge in [-0.2, -0.15) is 0 Å². The Bertz CT molecular complexity index is 1340. The number of amides is 2. The van der Waals surface area contributed by atoms with Gasteiger partial charge >= 0.3 is 0 Å². The van der Waals surface area contributed by atoms with Crippen molar-refractivity contribution in [2.24, 2.45) is 0 Å².